The van der Waals surface area contributed by atoms with Crippen molar-refractivity contribution in [2.45, 2.75) is 70.5 Å². The average molecular weight is 336 g/mol. The van der Waals surface area contributed by atoms with E-state index in [2.05, 4.69) is 48.1 Å². The molecule has 0 saturated carbocycles. The van der Waals surface area contributed by atoms with Crippen molar-refractivity contribution in [3.8, 4) is 0 Å². The van der Waals surface area contributed by atoms with E-state index in [1.165, 1.54) is 26.4 Å². The molecule has 1 rings (SSSR count). The monoisotopic (exact) mass is 336 g/mol. The lowest BCUT2D eigenvalue weighted by atomic mass is 10.1. The van der Waals surface area contributed by atoms with Gasteiger partial charge in [0.15, 0.2) is 0 Å². The van der Waals surface area contributed by atoms with E-state index in [1.54, 1.807) is 0 Å². The van der Waals surface area contributed by atoms with Crippen LogP contribution >= 0.6 is 0 Å². The smallest absolute Gasteiger partial charge is 0.305 e. The molecule has 4 nitrogen and oxygen atoms in total. The lowest BCUT2D eigenvalue weighted by molar-refractivity contribution is -0.140. The van der Waals surface area contributed by atoms with Crippen molar-refractivity contribution in [1.29, 1.82) is 0 Å². The minimum atomic E-state index is -0.143. The standard InChI is InChI=1S/C20H32O4/c1-3-4-5-8-11-14-18-19(24-17-23-18)15-12-9-6-7-10-13-16-20(21)22-2/h6-7,11-12,14-15,18-19H,3-5,8-10,13,16-17H2,1-2H3/b7-6-,14-11-,15-12-/t18-,19-/m0/s1. The molecule has 136 valence electrons. The Morgan fingerprint density at radius 1 is 1.00 bits per heavy atom. The zero-order valence-corrected chi connectivity index (χ0v) is 15.1. The van der Waals surface area contributed by atoms with Crippen molar-refractivity contribution in [3.63, 3.8) is 0 Å². The lowest BCUT2D eigenvalue weighted by Crippen LogP contribution is -2.17. The van der Waals surface area contributed by atoms with Gasteiger partial charge in [0.1, 0.15) is 19.0 Å². The first kappa shape index (κ1) is 20.7. The quantitative estimate of drug-likeness (QED) is 0.294. The van der Waals surface area contributed by atoms with Crippen LogP contribution in [0.1, 0.15) is 58.3 Å². The predicted octanol–water partition coefficient (Wildman–Crippen LogP) is 4.71. The summed E-state index contributed by atoms with van der Waals surface area (Å²) in [5.74, 6) is -0.143. The van der Waals surface area contributed by atoms with Crippen LogP contribution in [0.2, 0.25) is 0 Å². The Morgan fingerprint density at radius 2 is 1.71 bits per heavy atom. The molecule has 0 aromatic carbocycles. The Balaban J connectivity index is 2.17. The number of unbranched alkanes of at least 4 members (excludes halogenated alkanes) is 4. The van der Waals surface area contributed by atoms with Crippen LogP contribution in [0, 0.1) is 0 Å². The number of carbonyl (C=O) groups is 1. The molecule has 1 aliphatic heterocycles. The number of esters is 1. The van der Waals surface area contributed by atoms with E-state index in [9.17, 15) is 4.79 Å². The topological polar surface area (TPSA) is 44.8 Å². The van der Waals surface area contributed by atoms with Crippen LogP contribution in [0.15, 0.2) is 36.5 Å². The van der Waals surface area contributed by atoms with Gasteiger partial charge in [-0.05, 0) is 32.1 Å². The average Bonchev–Trinajstić information content (AvgIpc) is 3.04. The number of ether oxygens (including phenoxy) is 3. The minimum absolute atomic E-state index is 0.0140. The van der Waals surface area contributed by atoms with Crippen LogP contribution in [-0.4, -0.2) is 32.1 Å². The van der Waals surface area contributed by atoms with Crippen molar-refractivity contribution >= 4 is 5.97 Å². The molecule has 0 amide bonds. The third-order valence-corrected chi connectivity index (χ3v) is 3.89. The van der Waals surface area contributed by atoms with Crippen molar-refractivity contribution in [3.05, 3.63) is 36.5 Å². The van der Waals surface area contributed by atoms with Gasteiger partial charge in [-0.2, -0.15) is 0 Å². The maximum Gasteiger partial charge on any atom is 0.305 e. The Kier molecular flexibility index (Phi) is 12.0. The molecular formula is C20H32O4. The van der Waals surface area contributed by atoms with Crippen LogP contribution in [0.3, 0.4) is 0 Å². The summed E-state index contributed by atoms with van der Waals surface area (Å²) in [4.78, 5) is 11.0. The zero-order chi connectivity index (χ0) is 17.5. The van der Waals surface area contributed by atoms with Crippen molar-refractivity contribution < 1.29 is 19.0 Å². The molecule has 24 heavy (non-hydrogen) atoms. The molecule has 0 aliphatic carbocycles. The summed E-state index contributed by atoms with van der Waals surface area (Å²) in [5.41, 5.74) is 0. The number of carbonyl (C=O) groups excluding carboxylic acids is 1. The fraction of sp³-hybridized carbons (Fsp3) is 0.650. The highest BCUT2D eigenvalue weighted by molar-refractivity contribution is 5.69. The predicted molar refractivity (Wildman–Crippen MR) is 96.7 cm³/mol. The highest BCUT2D eigenvalue weighted by Gasteiger charge is 2.23. The summed E-state index contributed by atoms with van der Waals surface area (Å²) in [6.45, 7) is 2.58. The maximum atomic E-state index is 11.0. The van der Waals surface area contributed by atoms with Crippen LogP contribution < -0.4 is 0 Å². The first-order valence-electron chi connectivity index (χ1n) is 9.06. The van der Waals surface area contributed by atoms with E-state index in [-0.39, 0.29) is 18.2 Å². The van der Waals surface area contributed by atoms with Gasteiger partial charge >= 0.3 is 5.97 Å². The summed E-state index contributed by atoms with van der Waals surface area (Å²) < 4.78 is 15.8. The molecule has 1 heterocycles. The summed E-state index contributed by atoms with van der Waals surface area (Å²) >= 11 is 0. The van der Waals surface area contributed by atoms with E-state index in [1.807, 2.05) is 0 Å². The van der Waals surface area contributed by atoms with Gasteiger partial charge < -0.3 is 14.2 Å². The molecule has 0 radical (unpaired) electrons. The normalized spacial score (nSPS) is 21.4. The van der Waals surface area contributed by atoms with E-state index >= 15 is 0 Å². The molecule has 0 aromatic rings. The lowest BCUT2D eigenvalue weighted by Gasteiger charge is -2.08. The van der Waals surface area contributed by atoms with Gasteiger partial charge in [-0.3, -0.25) is 4.79 Å². The van der Waals surface area contributed by atoms with Crippen molar-refractivity contribution in [2.75, 3.05) is 13.9 Å². The molecule has 2 atom stereocenters. The molecule has 1 aliphatic rings. The second-order valence-electron chi connectivity index (χ2n) is 5.91. The van der Waals surface area contributed by atoms with Gasteiger partial charge in [0.05, 0.1) is 7.11 Å². The van der Waals surface area contributed by atoms with Gasteiger partial charge in [0.25, 0.3) is 0 Å². The summed E-state index contributed by atoms with van der Waals surface area (Å²) in [6, 6.07) is 0. The van der Waals surface area contributed by atoms with Crippen LogP contribution in [-0.2, 0) is 19.0 Å². The van der Waals surface area contributed by atoms with Crippen molar-refractivity contribution in [2.24, 2.45) is 0 Å². The fourth-order valence-electron chi connectivity index (χ4n) is 2.43. The molecule has 0 N–H and O–H groups in total. The van der Waals surface area contributed by atoms with Gasteiger partial charge in [-0.25, -0.2) is 0 Å². The van der Waals surface area contributed by atoms with Gasteiger partial charge in [0, 0.05) is 6.42 Å². The van der Waals surface area contributed by atoms with E-state index in [4.69, 9.17) is 9.47 Å². The van der Waals surface area contributed by atoms with Gasteiger partial charge in [-0.15, -0.1) is 0 Å². The first-order chi connectivity index (χ1) is 11.8. The Bertz CT molecular complexity index is 412. The number of allylic oxidation sites excluding steroid dienone is 4. The number of hydrogen-bond acceptors (Lipinski definition) is 4. The number of methoxy groups -OCH3 is 1. The fourth-order valence-corrected chi connectivity index (χ4v) is 2.43. The van der Waals surface area contributed by atoms with Crippen LogP contribution in [0.4, 0.5) is 0 Å². The largest absolute Gasteiger partial charge is 0.469 e. The third-order valence-electron chi connectivity index (χ3n) is 3.89. The SMILES string of the molecule is CCCCC/C=C\[C@@H]1OCO[C@H]1/C=C\C/C=C\CCCC(=O)OC. The Morgan fingerprint density at radius 3 is 2.42 bits per heavy atom. The summed E-state index contributed by atoms with van der Waals surface area (Å²) in [6.07, 6.45) is 20.7. The van der Waals surface area contributed by atoms with E-state index in [0.717, 1.165) is 25.7 Å². The Hall–Kier alpha value is -1.39. The second kappa shape index (κ2) is 14.0. The van der Waals surface area contributed by atoms with Gasteiger partial charge in [0.2, 0.25) is 0 Å². The molecular weight excluding hydrogens is 304 g/mol. The molecule has 1 fully saturated rings. The molecule has 0 spiro atoms. The molecule has 4 heteroatoms. The zero-order valence-electron chi connectivity index (χ0n) is 15.1. The first-order valence-corrected chi connectivity index (χ1v) is 9.06. The number of hydrogen-bond donors (Lipinski definition) is 0. The molecule has 0 bridgehead atoms. The van der Waals surface area contributed by atoms with Crippen molar-refractivity contribution in [1.82, 2.24) is 0 Å². The maximum absolute atomic E-state index is 11.0. The summed E-state index contributed by atoms with van der Waals surface area (Å²) in [7, 11) is 1.42. The van der Waals surface area contributed by atoms with Crippen LogP contribution in [0.5, 0.6) is 0 Å². The third kappa shape index (κ3) is 9.68. The highest BCUT2D eigenvalue weighted by atomic mass is 16.7. The Labute approximate surface area is 146 Å². The summed E-state index contributed by atoms with van der Waals surface area (Å²) in [5, 5.41) is 0. The molecule has 1 saturated heterocycles. The second-order valence-corrected chi connectivity index (χ2v) is 5.91. The number of rotatable bonds is 12. The van der Waals surface area contributed by atoms with E-state index in [0.29, 0.717) is 13.2 Å². The highest BCUT2D eigenvalue weighted by Crippen LogP contribution is 2.16. The van der Waals surface area contributed by atoms with Gasteiger partial charge in [-0.1, -0.05) is 56.2 Å². The molecule has 0 aromatic heterocycles. The van der Waals surface area contributed by atoms with Crippen LogP contribution in [0.25, 0.3) is 0 Å². The molecule has 0 unspecified atom stereocenters. The van der Waals surface area contributed by atoms with E-state index < -0.39 is 0 Å². The minimum Gasteiger partial charge on any atom is -0.469 e.